The lowest BCUT2D eigenvalue weighted by Crippen LogP contribution is -2.50. The van der Waals surface area contributed by atoms with Crippen molar-refractivity contribution in [2.45, 2.75) is 38.2 Å². The lowest BCUT2D eigenvalue weighted by Gasteiger charge is -2.53. The van der Waals surface area contributed by atoms with Crippen LogP contribution in [-0.4, -0.2) is 17.8 Å². The van der Waals surface area contributed by atoms with Crippen LogP contribution in [0.4, 0.5) is 0 Å². The second-order valence-electron chi connectivity index (χ2n) is 5.73. The highest BCUT2D eigenvalue weighted by molar-refractivity contribution is 7.98. The molecule has 0 aromatic heterocycles. The number of esters is 1. The van der Waals surface area contributed by atoms with Crippen molar-refractivity contribution in [3.63, 3.8) is 0 Å². The lowest BCUT2D eigenvalue weighted by atomic mass is 9.55. The quantitative estimate of drug-likeness (QED) is 0.440. The van der Waals surface area contributed by atoms with E-state index in [9.17, 15) is 9.70 Å². The predicted octanol–water partition coefficient (Wildman–Crippen LogP) is 2.77. The van der Waals surface area contributed by atoms with Gasteiger partial charge in [-0.15, -0.1) is 4.91 Å². The maximum atomic E-state index is 11.6. The Balaban J connectivity index is 1.60. The maximum Gasteiger partial charge on any atom is 0.318 e. The van der Waals surface area contributed by atoms with Crippen LogP contribution in [0.3, 0.4) is 0 Å². The molecule has 4 rings (SSSR count). The van der Waals surface area contributed by atoms with Gasteiger partial charge in [-0.25, -0.2) is 0 Å². The van der Waals surface area contributed by atoms with Crippen LogP contribution in [0.2, 0.25) is 0 Å². The molecule has 0 heterocycles. The zero-order valence-electron chi connectivity index (χ0n) is 9.71. The molecule has 0 unspecified atom stereocenters. The molecule has 0 saturated heterocycles. The van der Waals surface area contributed by atoms with Crippen LogP contribution in [0, 0.1) is 28.6 Å². The van der Waals surface area contributed by atoms with Crippen LogP contribution >= 0.6 is 11.9 Å². The third-order valence-corrected chi connectivity index (χ3v) is 5.11. The Morgan fingerprint density at radius 3 is 2.24 bits per heavy atom. The summed E-state index contributed by atoms with van der Waals surface area (Å²) in [7, 11) is 0. The minimum Gasteiger partial charge on any atom is -0.461 e. The van der Waals surface area contributed by atoms with Gasteiger partial charge in [-0.05, 0) is 55.8 Å². The molecule has 4 nitrogen and oxygen atoms in total. The Morgan fingerprint density at radius 1 is 1.12 bits per heavy atom. The van der Waals surface area contributed by atoms with Gasteiger partial charge in [0.1, 0.15) is 11.9 Å². The van der Waals surface area contributed by atoms with Gasteiger partial charge >= 0.3 is 5.97 Å². The van der Waals surface area contributed by atoms with Gasteiger partial charge in [0.2, 0.25) is 0 Å². The average molecular weight is 255 g/mol. The molecule has 0 aromatic carbocycles. The number of nitroso groups, excluding NO2 is 1. The van der Waals surface area contributed by atoms with Crippen LogP contribution in [0.25, 0.3) is 0 Å². The monoisotopic (exact) mass is 255 g/mol. The zero-order valence-corrected chi connectivity index (χ0v) is 10.5. The van der Waals surface area contributed by atoms with Crippen molar-refractivity contribution >= 4 is 17.9 Å². The fourth-order valence-electron chi connectivity index (χ4n) is 4.33. The van der Waals surface area contributed by atoms with Gasteiger partial charge in [0, 0.05) is 16.5 Å². The van der Waals surface area contributed by atoms with E-state index < -0.39 is 0 Å². The molecule has 94 valence electrons. The van der Waals surface area contributed by atoms with Crippen LogP contribution in [0.5, 0.6) is 0 Å². The zero-order chi connectivity index (χ0) is 11.8. The molecule has 0 aliphatic heterocycles. The number of hydrogen-bond donors (Lipinski definition) is 0. The minimum atomic E-state index is -0.271. The summed E-state index contributed by atoms with van der Waals surface area (Å²) in [5.41, 5.74) is 0. The summed E-state index contributed by atoms with van der Waals surface area (Å²) in [4.78, 5) is 21.5. The molecule has 0 spiro atoms. The van der Waals surface area contributed by atoms with Crippen LogP contribution in [-0.2, 0) is 9.53 Å². The van der Waals surface area contributed by atoms with Crippen molar-refractivity contribution in [1.82, 2.24) is 0 Å². The van der Waals surface area contributed by atoms with Crippen molar-refractivity contribution < 1.29 is 9.53 Å². The molecule has 4 bridgehead atoms. The van der Waals surface area contributed by atoms with E-state index in [0.29, 0.717) is 11.8 Å². The third-order valence-electron chi connectivity index (χ3n) is 4.64. The fourth-order valence-corrected chi connectivity index (χ4v) is 4.56. The first-order chi connectivity index (χ1) is 8.26. The number of rotatable bonds is 4. The Hall–Kier alpha value is -0.580. The van der Waals surface area contributed by atoms with E-state index in [-0.39, 0.29) is 17.8 Å². The van der Waals surface area contributed by atoms with Gasteiger partial charge in [0.15, 0.2) is 0 Å². The van der Waals surface area contributed by atoms with E-state index in [1.54, 1.807) is 0 Å². The number of ether oxygens (including phenoxy) is 1. The average Bonchev–Trinajstić information content (AvgIpc) is 2.30. The normalized spacial score (nSPS) is 42.5. The maximum absolute atomic E-state index is 11.6. The summed E-state index contributed by atoms with van der Waals surface area (Å²) < 4.78 is 8.20. The van der Waals surface area contributed by atoms with Crippen molar-refractivity contribution in [1.29, 1.82) is 0 Å². The predicted molar refractivity (Wildman–Crippen MR) is 65.2 cm³/mol. The summed E-state index contributed by atoms with van der Waals surface area (Å²) >= 11 is 0.737. The molecule has 0 N–H and O–H groups in total. The molecule has 4 aliphatic rings. The number of hydrogen-bond acceptors (Lipinski definition) is 5. The standard InChI is InChI=1S/C12H17NO3S/c14-11(6-17-13-15)16-12-9-2-7-1-8(4-9)5-10(12)3-7/h7-10,12H,1-6H2. The first-order valence-electron chi connectivity index (χ1n) is 6.40. The van der Waals surface area contributed by atoms with Gasteiger partial charge in [-0.2, -0.15) is 0 Å². The largest absolute Gasteiger partial charge is 0.461 e. The fraction of sp³-hybridized carbons (Fsp3) is 0.917. The summed E-state index contributed by atoms with van der Waals surface area (Å²) in [5.74, 6) is 2.74. The molecule has 0 radical (unpaired) electrons. The van der Waals surface area contributed by atoms with E-state index in [1.807, 2.05) is 0 Å². The highest BCUT2D eigenvalue weighted by Crippen LogP contribution is 2.54. The Kier molecular flexibility index (Phi) is 3.11. The molecule has 5 heteroatoms. The molecule has 4 fully saturated rings. The summed E-state index contributed by atoms with van der Waals surface area (Å²) in [6.07, 6.45) is 6.49. The summed E-state index contributed by atoms with van der Waals surface area (Å²) in [5, 5.41) is 0. The highest BCUT2D eigenvalue weighted by atomic mass is 32.2. The van der Waals surface area contributed by atoms with Gasteiger partial charge in [0.05, 0.1) is 0 Å². The van der Waals surface area contributed by atoms with Gasteiger partial charge < -0.3 is 4.74 Å². The van der Waals surface area contributed by atoms with Crippen molar-refractivity contribution in [3.8, 4) is 0 Å². The molecule has 0 aromatic rings. The van der Waals surface area contributed by atoms with E-state index in [2.05, 4.69) is 4.58 Å². The lowest BCUT2D eigenvalue weighted by molar-refractivity contribution is -0.167. The van der Waals surface area contributed by atoms with Gasteiger partial charge in [-0.3, -0.25) is 4.79 Å². The molecular weight excluding hydrogens is 238 g/mol. The molecule has 4 aliphatic carbocycles. The number of carbonyl (C=O) groups is 1. The Labute approximate surface area is 105 Å². The minimum absolute atomic E-state index is 0.0618. The molecule has 0 amide bonds. The summed E-state index contributed by atoms with van der Waals surface area (Å²) in [6, 6.07) is 0. The third kappa shape index (κ3) is 2.21. The van der Waals surface area contributed by atoms with Gasteiger partial charge in [0.25, 0.3) is 0 Å². The van der Waals surface area contributed by atoms with Crippen molar-refractivity contribution in [2.75, 3.05) is 5.75 Å². The second-order valence-corrected chi connectivity index (χ2v) is 6.43. The second kappa shape index (κ2) is 4.59. The number of carbonyl (C=O) groups excluding carboxylic acids is 1. The van der Waals surface area contributed by atoms with Crippen LogP contribution in [0.15, 0.2) is 4.58 Å². The van der Waals surface area contributed by atoms with Crippen molar-refractivity contribution in [2.24, 2.45) is 28.3 Å². The van der Waals surface area contributed by atoms with Crippen LogP contribution in [0.1, 0.15) is 32.1 Å². The number of nitrogens with zero attached hydrogens (tertiary/aromatic N) is 1. The van der Waals surface area contributed by atoms with E-state index in [0.717, 1.165) is 23.8 Å². The SMILES string of the molecule is O=NSCC(=O)OC1C2CC3CC(C2)CC1C3. The molecular formula is C12H17NO3S. The highest BCUT2D eigenvalue weighted by Gasteiger charge is 2.49. The Bertz CT molecular complexity index is 306. The van der Waals surface area contributed by atoms with Gasteiger partial charge in [-0.1, -0.05) is 0 Å². The van der Waals surface area contributed by atoms with E-state index in [1.165, 1.54) is 32.1 Å². The van der Waals surface area contributed by atoms with Crippen molar-refractivity contribution in [3.05, 3.63) is 4.91 Å². The smallest absolute Gasteiger partial charge is 0.318 e. The molecule has 0 atom stereocenters. The van der Waals surface area contributed by atoms with E-state index in [4.69, 9.17) is 4.74 Å². The van der Waals surface area contributed by atoms with Crippen LogP contribution < -0.4 is 0 Å². The molecule has 17 heavy (non-hydrogen) atoms. The first-order valence-corrected chi connectivity index (χ1v) is 7.34. The van der Waals surface area contributed by atoms with E-state index >= 15 is 0 Å². The Morgan fingerprint density at radius 2 is 1.71 bits per heavy atom. The topological polar surface area (TPSA) is 55.7 Å². The first kappa shape index (κ1) is 11.5. The molecule has 4 saturated carbocycles. The summed E-state index contributed by atoms with van der Waals surface area (Å²) in [6.45, 7) is 0.